The summed E-state index contributed by atoms with van der Waals surface area (Å²) in [6, 6.07) is 1.26. The number of benzene rings is 1. The van der Waals surface area contributed by atoms with E-state index in [4.69, 9.17) is 10.5 Å². The smallest absolute Gasteiger partial charge is 0.418 e. The fraction of sp³-hybridized carbons (Fsp3) is 0.704. The number of nitrogens with zero attached hydrogens (tertiary/aromatic N) is 4. The summed E-state index contributed by atoms with van der Waals surface area (Å²) >= 11 is 0. The Kier molecular flexibility index (Phi) is 9.62. The number of carbonyl (C=O) groups is 2. The molecule has 41 heavy (non-hydrogen) atoms. The van der Waals surface area contributed by atoms with Crippen molar-refractivity contribution in [3.63, 3.8) is 0 Å². The maximum absolute atomic E-state index is 13.6. The highest BCUT2D eigenvalue weighted by molar-refractivity contribution is 5.84. The van der Waals surface area contributed by atoms with Gasteiger partial charge in [-0.15, -0.1) is 0 Å². The van der Waals surface area contributed by atoms with Crippen LogP contribution >= 0.6 is 0 Å². The van der Waals surface area contributed by atoms with E-state index in [1.54, 1.807) is 0 Å². The monoisotopic (exact) mass is 593 g/mol. The quantitative estimate of drug-likeness (QED) is 0.410. The number of piperazine rings is 1. The van der Waals surface area contributed by atoms with E-state index in [1.165, 1.54) is 9.80 Å². The van der Waals surface area contributed by atoms with Gasteiger partial charge in [0.05, 0.1) is 16.8 Å². The molecule has 230 valence electrons. The summed E-state index contributed by atoms with van der Waals surface area (Å²) in [5.74, 6) is -0.633. The predicted octanol–water partition coefficient (Wildman–Crippen LogP) is 4.08. The van der Waals surface area contributed by atoms with Crippen LogP contribution in [0, 0.1) is 0 Å². The van der Waals surface area contributed by atoms with Gasteiger partial charge in [-0.2, -0.15) is 26.3 Å². The maximum Gasteiger partial charge on any atom is 0.418 e. The van der Waals surface area contributed by atoms with E-state index in [9.17, 15) is 35.9 Å². The molecule has 0 radical (unpaired) electrons. The summed E-state index contributed by atoms with van der Waals surface area (Å²) in [6.07, 6.45) is -9.65. The van der Waals surface area contributed by atoms with Crippen LogP contribution in [0.3, 0.4) is 0 Å². The van der Waals surface area contributed by atoms with Crippen molar-refractivity contribution in [3.8, 4) is 0 Å². The van der Waals surface area contributed by atoms with Gasteiger partial charge in [0, 0.05) is 64.8 Å². The lowest BCUT2D eigenvalue weighted by Crippen LogP contribution is -2.54. The van der Waals surface area contributed by atoms with Gasteiger partial charge in [0.2, 0.25) is 0 Å². The van der Waals surface area contributed by atoms with Crippen molar-refractivity contribution in [2.24, 2.45) is 0 Å². The summed E-state index contributed by atoms with van der Waals surface area (Å²) in [5, 5.41) is 0. The van der Waals surface area contributed by atoms with Gasteiger partial charge < -0.3 is 25.2 Å². The van der Waals surface area contributed by atoms with E-state index in [0.717, 1.165) is 45.4 Å². The molecular weight excluding hydrogens is 556 g/mol. The van der Waals surface area contributed by atoms with Crippen molar-refractivity contribution in [2.45, 2.75) is 63.0 Å². The molecule has 8 nitrogen and oxygen atoms in total. The molecular formula is C27H37F6N5O3. The molecule has 0 aliphatic carbocycles. The van der Waals surface area contributed by atoms with E-state index in [-0.39, 0.29) is 6.04 Å². The number of nitrogen functional groups attached to an aromatic ring is 1. The van der Waals surface area contributed by atoms with Gasteiger partial charge in [-0.1, -0.05) is 0 Å². The minimum absolute atomic E-state index is 0.267. The van der Waals surface area contributed by atoms with E-state index < -0.39 is 59.3 Å². The molecule has 0 unspecified atom stereocenters. The molecule has 0 bridgehead atoms. The van der Waals surface area contributed by atoms with Crippen molar-refractivity contribution in [1.29, 1.82) is 0 Å². The molecule has 3 heterocycles. The number of anilines is 1. The molecule has 1 atom stereocenters. The summed E-state index contributed by atoms with van der Waals surface area (Å²) in [4.78, 5) is 34.1. The predicted molar refractivity (Wildman–Crippen MR) is 139 cm³/mol. The number of hydrogen-bond donors (Lipinski definition) is 1. The molecule has 3 fully saturated rings. The normalized spacial score (nSPS) is 21.1. The number of amides is 2. The first kappa shape index (κ1) is 31.2. The Morgan fingerprint density at radius 3 is 1.90 bits per heavy atom. The third-order valence-electron chi connectivity index (χ3n) is 8.23. The molecule has 14 heteroatoms. The Labute approximate surface area is 235 Å². The van der Waals surface area contributed by atoms with Gasteiger partial charge in [0.1, 0.15) is 0 Å². The van der Waals surface area contributed by atoms with Crippen LogP contribution in [0.4, 0.5) is 36.8 Å². The van der Waals surface area contributed by atoms with Gasteiger partial charge >= 0.3 is 18.4 Å². The molecule has 3 aliphatic heterocycles. The largest absolute Gasteiger partial charge is 0.436 e. The zero-order valence-electron chi connectivity index (χ0n) is 23.1. The second-order valence-corrected chi connectivity index (χ2v) is 11.1. The van der Waals surface area contributed by atoms with Crippen molar-refractivity contribution >= 4 is 17.7 Å². The van der Waals surface area contributed by atoms with E-state index >= 15 is 0 Å². The Morgan fingerprint density at radius 2 is 1.39 bits per heavy atom. The van der Waals surface area contributed by atoms with Crippen LogP contribution in [0.25, 0.3) is 0 Å². The Hall–Kier alpha value is -2.74. The highest BCUT2D eigenvalue weighted by Crippen LogP contribution is 2.42. The molecule has 3 aliphatic rings. The van der Waals surface area contributed by atoms with Crippen LogP contribution in [-0.4, -0.2) is 103 Å². The van der Waals surface area contributed by atoms with E-state index in [0.29, 0.717) is 51.2 Å². The van der Waals surface area contributed by atoms with Gasteiger partial charge in [0.25, 0.3) is 5.91 Å². The number of hydrogen-bond acceptors (Lipinski definition) is 6. The van der Waals surface area contributed by atoms with Crippen LogP contribution in [0.5, 0.6) is 0 Å². The molecule has 2 N–H and O–H groups in total. The molecule has 4 rings (SSSR count). The van der Waals surface area contributed by atoms with Crippen LogP contribution in [0.2, 0.25) is 0 Å². The van der Waals surface area contributed by atoms with E-state index in [2.05, 4.69) is 16.8 Å². The Morgan fingerprint density at radius 1 is 0.854 bits per heavy atom. The summed E-state index contributed by atoms with van der Waals surface area (Å²) in [6.45, 7) is 5.18. The first-order valence-electron chi connectivity index (χ1n) is 14.0. The van der Waals surface area contributed by atoms with Crippen LogP contribution in [0.1, 0.15) is 48.8 Å². The molecule has 3 saturated heterocycles. The van der Waals surface area contributed by atoms with Crippen LogP contribution < -0.4 is 5.73 Å². The lowest BCUT2D eigenvalue weighted by Gasteiger charge is -2.42. The molecule has 1 aromatic carbocycles. The number of nitrogens with two attached hydrogens (primary N) is 1. The summed E-state index contributed by atoms with van der Waals surface area (Å²) < 4.78 is 87.3. The number of alkyl halides is 6. The molecule has 1 aromatic rings. The minimum Gasteiger partial charge on any atom is -0.436 e. The fourth-order valence-corrected chi connectivity index (χ4v) is 5.81. The SMILES string of the molecule is CN1CCN(C2CCN(C(=O)[C@@H](Cc3cc(C(F)(F)F)c(N)c(C(F)(F)F)c3)OC(=O)N3CCCCC3)CC2)CC1. The average Bonchev–Trinajstić information content (AvgIpc) is 2.93. The average molecular weight is 594 g/mol. The first-order valence-corrected chi connectivity index (χ1v) is 14.0. The van der Waals surface area contributed by atoms with Crippen molar-refractivity contribution < 1.29 is 40.7 Å². The lowest BCUT2D eigenvalue weighted by atomic mass is 9.97. The summed E-state index contributed by atoms with van der Waals surface area (Å²) in [5.41, 5.74) is 0.0948. The van der Waals surface area contributed by atoms with Crippen molar-refractivity contribution in [2.75, 3.05) is 65.1 Å². The zero-order chi connectivity index (χ0) is 29.9. The lowest BCUT2D eigenvalue weighted by molar-refractivity contribution is -0.142. The van der Waals surface area contributed by atoms with Crippen LogP contribution in [-0.2, 0) is 28.3 Å². The topological polar surface area (TPSA) is 82.4 Å². The molecule has 0 aromatic heterocycles. The number of ether oxygens (including phenoxy) is 1. The number of halogens is 6. The summed E-state index contributed by atoms with van der Waals surface area (Å²) in [7, 11) is 2.06. The van der Waals surface area contributed by atoms with E-state index in [1.807, 2.05) is 0 Å². The van der Waals surface area contributed by atoms with Crippen molar-refractivity contribution in [1.82, 2.24) is 19.6 Å². The maximum atomic E-state index is 13.6. The fourth-order valence-electron chi connectivity index (χ4n) is 5.81. The highest BCUT2D eigenvalue weighted by Gasteiger charge is 2.42. The number of piperidine rings is 2. The van der Waals surface area contributed by atoms with Gasteiger partial charge in [-0.25, -0.2) is 4.79 Å². The highest BCUT2D eigenvalue weighted by atomic mass is 19.4. The third-order valence-corrected chi connectivity index (χ3v) is 8.23. The number of rotatable bonds is 5. The first-order chi connectivity index (χ1) is 19.2. The van der Waals surface area contributed by atoms with Gasteiger partial charge in [-0.05, 0) is 56.8 Å². The minimum atomic E-state index is -5.16. The second kappa shape index (κ2) is 12.6. The zero-order valence-corrected chi connectivity index (χ0v) is 23.1. The number of carbonyl (C=O) groups excluding carboxylic acids is 2. The standard InChI is InChI=1S/C27H37F6N5O3/c1-35-11-13-36(14-12-35)19-5-9-37(10-6-19)24(39)22(41-25(40)38-7-3-2-4-8-38)17-18-15-20(26(28,29)30)23(34)21(16-18)27(31,32)33/h15-16,19,22H,2-14,17,34H2,1H3/t22-/m1/s1. The Bertz CT molecular complexity index is 1040. The molecule has 0 saturated carbocycles. The van der Waals surface area contributed by atoms with Gasteiger partial charge in [-0.3, -0.25) is 9.69 Å². The Balaban J connectivity index is 1.55. The van der Waals surface area contributed by atoms with Gasteiger partial charge in [0.15, 0.2) is 6.10 Å². The number of likely N-dealkylation sites (N-methyl/N-ethyl adjacent to an activating group) is 1. The van der Waals surface area contributed by atoms with Crippen molar-refractivity contribution in [3.05, 3.63) is 28.8 Å². The second-order valence-electron chi connectivity index (χ2n) is 11.1. The van der Waals surface area contributed by atoms with Crippen LogP contribution in [0.15, 0.2) is 12.1 Å². The number of likely N-dealkylation sites (tertiary alicyclic amines) is 2. The molecule has 0 spiro atoms. The molecule has 2 amide bonds. The third kappa shape index (κ3) is 7.76.